The van der Waals surface area contributed by atoms with E-state index in [0.29, 0.717) is 6.42 Å². The van der Waals surface area contributed by atoms with Crippen molar-refractivity contribution in [1.29, 1.82) is 5.53 Å². The molecule has 0 aromatic rings. The number of hydrogen-bond donors (Lipinski definition) is 2. The number of hydrogen-bond acceptors (Lipinski definition) is 4. The van der Waals surface area contributed by atoms with E-state index >= 15 is 0 Å². The third-order valence-electron chi connectivity index (χ3n) is 3.81. The Hall–Kier alpha value is -1.86. The van der Waals surface area contributed by atoms with Crippen molar-refractivity contribution >= 4 is 12.4 Å². The third-order valence-corrected chi connectivity index (χ3v) is 3.81. The monoisotopic (exact) mass is 341 g/mol. The average molecular weight is 341 g/mol. The maximum atomic E-state index is 11.2. The molecule has 1 unspecified atom stereocenters. The lowest BCUT2D eigenvalue weighted by Crippen LogP contribution is -2.19. The molecule has 0 bridgehead atoms. The van der Waals surface area contributed by atoms with Gasteiger partial charge in [-0.25, -0.2) is 0 Å². The van der Waals surface area contributed by atoms with E-state index in [1.165, 1.54) is 51.4 Å². The largest absolute Gasteiger partial charge is 0.481 e. The van der Waals surface area contributed by atoms with Crippen molar-refractivity contribution in [2.75, 3.05) is 6.61 Å². The molecule has 8 heteroatoms. The maximum absolute atomic E-state index is 11.2. The highest BCUT2D eigenvalue weighted by Gasteiger charge is 2.17. The van der Waals surface area contributed by atoms with E-state index in [9.17, 15) is 4.79 Å². The van der Waals surface area contributed by atoms with Gasteiger partial charge in [-0.3, -0.25) is 4.79 Å². The molecule has 0 radical (unpaired) electrons. The fraction of sp³-hybridized carbons (Fsp3) is 0.875. The first kappa shape index (κ1) is 22.1. The highest BCUT2D eigenvalue weighted by molar-refractivity contribution is 5.70. The van der Waals surface area contributed by atoms with E-state index in [4.69, 9.17) is 15.4 Å². The standard InChI is InChI=1S/C16H31N5O3/c1-2-3-4-5-6-7-8-9-10-11-12-15(16(22)23)13-24-14-18-20-21-19-17/h14-15,17H,2-13H2,1H3,(H,22,23). The molecule has 0 spiro atoms. The van der Waals surface area contributed by atoms with Crippen molar-refractivity contribution in [2.45, 2.75) is 77.6 Å². The van der Waals surface area contributed by atoms with Gasteiger partial charge in [0.15, 0.2) is 6.40 Å². The predicted molar refractivity (Wildman–Crippen MR) is 92.0 cm³/mol. The summed E-state index contributed by atoms with van der Waals surface area (Å²) in [5.41, 5.74) is 6.35. The Morgan fingerprint density at radius 1 is 1.04 bits per heavy atom. The molecule has 138 valence electrons. The summed E-state index contributed by atoms with van der Waals surface area (Å²) < 4.78 is 5.02. The molecule has 8 nitrogen and oxygen atoms in total. The quantitative estimate of drug-likeness (QED) is 0.122. The summed E-state index contributed by atoms with van der Waals surface area (Å²) >= 11 is 0. The van der Waals surface area contributed by atoms with Crippen LogP contribution in [0.5, 0.6) is 0 Å². The van der Waals surface area contributed by atoms with Crippen LogP contribution in [-0.2, 0) is 9.53 Å². The fourth-order valence-corrected chi connectivity index (χ4v) is 2.41. The van der Waals surface area contributed by atoms with Crippen LogP contribution in [0.1, 0.15) is 77.6 Å². The average Bonchev–Trinajstić information content (AvgIpc) is 2.57. The summed E-state index contributed by atoms with van der Waals surface area (Å²) in [6.07, 6.45) is 13.9. The first-order valence-electron chi connectivity index (χ1n) is 8.85. The first-order valence-corrected chi connectivity index (χ1v) is 8.85. The number of ether oxygens (including phenoxy) is 1. The number of nitrogens with one attached hydrogen (secondary N) is 1. The summed E-state index contributed by atoms with van der Waals surface area (Å²) in [7, 11) is 0. The zero-order valence-corrected chi connectivity index (χ0v) is 14.7. The van der Waals surface area contributed by atoms with Gasteiger partial charge in [0.05, 0.1) is 5.92 Å². The SMILES string of the molecule is CCCCCCCCCCCCC(COC=NN=NN=N)C(=O)O. The summed E-state index contributed by atoms with van der Waals surface area (Å²) in [4.78, 5) is 11.2. The van der Waals surface area contributed by atoms with E-state index in [1.54, 1.807) is 0 Å². The normalized spacial score (nSPS) is 12.7. The number of carboxylic acids is 1. The second kappa shape index (κ2) is 17.5. The number of rotatable bonds is 17. The lowest BCUT2D eigenvalue weighted by molar-refractivity contribution is -0.143. The highest BCUT2D eigenvalue weighted by atomic mass is 16.5. The van der Waals surface area contributed by atoms with Crippen LogP contribution in [0.25, 0.3) is 0 Å². The molecule has 1 atom stereocenters. The van der Waals surface area contributed by atoms with Gasteiger partial charge < -0.3 is 9.84 Å². The molecule has 0 aromatic carbocycles. The molecule has 2 N–H and O–H groups in total. The topological polar surface area (TPSA) is 120 Å². The van der Waals surface area contributed by atoms with Gasteiger partial charge in [-0.1, -0.05) is 76.2 Å². The number of carboxylic acid groups (broad SMARTS) is 1. The van der Waals surface area contributed by atoms with Gasteiger partial charge in [0, 0.05) is 0 Å². The van der Waals surface area contributed by atoms with Crippen LogP contribution in [0.3, 0.4) is 0 Å². The van der Waals surface area contributed by atoms with E-state index < -0.39 is 11.9 Å². The zero-order valence-electron chi connectivity index (χ0n) is 14.7. The number of carbonyl (C=O) groups is 1. The van der Waals surface area contributed by atoms with Crippen LogP contribution < -0.4 is 0 Å². The molecule has 24 heavy (non-hydrogen) atoms. The molecule has 0 fully saturated rings. The number of aliphatic carboxylic acids is 1. The second-order valence-electron chi connectivity index (χ2n) is 5.84. The molecule has 0 heterocycles. The van der Waals surface area contributed by atoms with Crippen LogP contribution >= 0.6 is 0 Å². The van der Waals surface area contributed by atoms with Crippen LogP contribution in [0, 0.1) is 11.4 Å². The fourth-order valence-electron chi connectivity index (χ4n) is 2.41. The molecular formula is C16H31N5O3. The molecule has 0 rings (SSSR count). The van der Waals surface area contributed by atoms with Crippen molar-refractivity contribution in [1.82, 2.24) is 0 Å². The summed E-state index contributed by atoms with van der Waals surface area (Å²) in [6, 6.07) is 0. The second-order valence-corrected chi connectivity index (χ2v) is 5.84. The summed E-state index contributed by atoms with van der Waals surface area (Å²) in [6.45, 7) is 2.28. The van der Waals surface area contributed by atoms with E-state index in [-0.39, 0.29) is 6.61 Å². The van der Waals surface area contributed by atoms with Crippen molar-refractivity contribution in [3.63, 3.8) is 0 Å². The van der Waals surface area contributed by atoms with Gasteiger partial charge in [-0.2, -0.15) is 5.53 Å². The first-order chi connectivity index (χ1) is 11.7. The Morgan fingerprint density at radius 3 is 2.17 bits per heavy atom. The third kappa shape index (κ3) is 15.1. The minimum atomic E-state index is -0.859. The van der Waals surface area contributed by atoms with Crippen molar-refractivity contribution in [3.05, 3.63) is 0 Å². The van der Waals surface area contributed by atoms with Crippen molar-refractivity contribution in [3.8, 4) is 0 Å². The molecule has 0 aromatic heterocycles. The Morgan fingerprint density at radius 2 is 1.62 bits per heavy atom. The van der Waals surface area contributed by atoms with Crippen LogP contribution in [0.4, 0.5) is 0 Å². The zero-order chi connectivity index (χ0) is 17.9. The molecule has 0 saturated heterocycles. The molecular weight excluding hydrogens is 310 g/mol. The van der Waals surface area contributed by atoms with Crippen LogP contribution in [0.15, 0.2) is 20.8 Å². The smallest absolute Gasteiger partial charge is 0.309 e. The maximum Gasteiger partial charge on any atom is 0.309 e. The van der Waals surface area contributed by atoms with Gasteiger partial charge in [-0.05, 0) is 22.1 Å². The molecule has 0 aliphatic rings. The lowest BCUT2D eigenvalue weighted by atomic mass is 10.0. The molecule has 0 saturated carbocycles. The van der Waals surface area contributed by atoms with E-state index in [0.717, 1.165) is 19.2 Å². The Bertz CT molecular complexity index is 375. The number of unbranched alkanes of at least 4 members (excludes halogenated alkanes) is 9. The van der Waals surface area contributed by atoms with Gasteiger partial charge in [0.1, 0.15) is 6.61 Å². The minimum absolute atomic E-state index is 0.0593. The summed E-state index contributed by atoms with van der Waals surface area (Å²) in [5, 5.41) is 21.2. The predicted octanol–water partition coefficient (Wildman–Crippen LogP) is 5.36. The highest BCUT2D eigenvalue weighted by Crippen LogP contribution is 2.14. The van der Waals surface area contributed by atoms with Gasteiger partial charge in [0.2, 0.25) is 0 Å². The Balaban J connectivity index is 3.61. The van der Waals surface area contributed by atoms with E-state index in [1.807, 2.05) is 0 Å². The van der Waals surface area contributed by atoms with Gasteiger partial charge in [-0.15, -0.1) is 0 Å². The van der Waals surface area contributed by atoms with Crippen molar-refractivity contribution in [2.24, 2.45) is 26.7 Å². The Labute approximate surface area is 144 Å². The van der Waals surface area contributed by atoms with E-state index in [2.05, 4.69) is 27.7 Å². The van der Waals surface area contributed by atoms with Crippen LogP contribution in [-0.4, -0.2) is 24.1 Å². The van der Waals surface area contributed by atoms with Gasteiger partial charge in [0.25, 0.3) is 0 Å². The summed E-state index contributed by atoms with van der Waals surface area (Å²) in [5.74, 6) is -1.40. The van der Waals surface area contributed by atoms with Gasteiger partial charge >= 0.3 is 5.97 Å². The molecule has 0 aliphatic carbocycles. The minimum Gasteiger partial charge on any atom is -0.481 e. The molecule has 0 aliphatic heterocycles. The molecule has 0 amide bonds. The van der Waals surface area contributed by atoms with Crippen molar-refractivity contribution < 1.29 is 14.6 Å². The number of nitrogens with zero attached hydrogens (tertiary/aromatic N) is 4. The lowest BCUT2D eigenvalue weighted by Gasteiger charge is -2.11. The van der Waals surface area contributed by atoms with Crippen LogP contribution in [0.2, 0.25) is 0 Å². The Kier molecular flexibility index (Phi) is 16.1.